The molecule has 2 aromatic rings. The van der Waals surface area contributed by atoms with Crippen LogP contribution in [0.1, 0.15) is 15.9 Å². The monoisotopic (exact) mass is 404 g/mol. The topological polar surface area (TPSA) is 103 Å². The molecule has 0 spiro atoms. The Kier molecular flexibility index (Phi) is 7.96. The van der Waals surface area contributed by atoms with Crippen LogP contribution in [0.2, 0.25) is 0 Å². The van der Waals surface area contributed by atoms with Gasteiger partial charge in [-0.15, -0.1) is 0 Å². The highest BCUT2D eigenvalue weighted by molar-refractivity contribution is 5.96. The van der Waals surface area contributed by atoms with Crippen molar-refractivity contribution in [2.24, 2.45) is 0 Å². The first-order chi connectivity index (χ1) is 13.9. The van der Waals surface area contributed by atoms with Gasteiger partial charge >= 0.3 is 5.97 Å². The normalized spacial score (nSPS) is 10.0. The van der Waals surface area contributed by atoms with E-state index in [1.54, 1.807) is 18.2 Å². The molecule has 0 aliphatic carbocycles. The highest BCUT2D eigenvalue weighted by Gasteiger charge is 2.11. The second kappa shape index (κ2) is 10.6. The van der Waals surface area contributed by atoms with Gasteiger partial charge in [-0.1, -0.05) is 6.07 Å². The summed E-state index contributed by atoms with van der Waals surface area (Å²) in [7, 11) is 3.03. The maximum Gasteiger partial charge on any atom is 0.325 e. The third kappa shape index (κ3) is 6.80. The molecule has 0 aliphatic rings. The highest BCUT2D eigenvalue weighted by Crippen LogP contribution is 2.27. The van der Waals surface area contributed by atoms with Gasteiger partial charge in [-0.2, -0.15) is 0 Å². The molecule has 0 atom stereocenters. The van der Waals surface area contributed by atoms with Crippen LogP contribution in [0, 0.1) is 5.82 Å². The second-order valence-electron chi connectivity index (χ2n) is 5.82. The number of hydrogen-bond donors (Lipinski definition) is 2. The van der Waals surface area contributed by atoms with Crippen molar-refractivity contribution >= 4 is 17.8 Å². The molecule has 0 saturated heterocycles. The number of rotatable bonds is 9. The Balaban J connectivity index is 1.71. The molecule has 0 heterocycles. The number of esters is 1. The first-order valence-electron chi connectivity index (χ1n) is 8.60. The molecular formula is C20H21FN2O6. The van der Waals surface area contributed by atoms with E-state index in [-0.39, 0.29) is 12.1 Å². The molecule has 2 amide bonds. The molecule has 2 rings (SSSR count). The van der Waals surface area contributed by atoms with E-state index in [9.17, 15) is 18.8 Å². The molecule has 0 unspecified atom stereocenters. The molecule has 0 saturated carbocycles. The van der Waals surface area contributed by atoms with Gasteiger partial charge in [-0.3, -0.25) is 14.4 Å². The van der Waals surface area contributed by atoms with Gasteiger partial charge in [-0.05, 0) is 42.0 Å². The third-order valence-electron chi connectivity index (χ3n) is 3.80. The molecule has 2 N–H and O–H groups in total. The van der Waals surface area contributed by atoms with Gasteiger partial charge in [0.25, 0.3) is 11.8 Å². The quantitative estimate of drug-likeness (QED) is 0.613. The van der Waals surface area contributed by atoms with Crippen LogP contribution in [0.3, 0.4) is 0 Å². The van der Waals surface area contributed by atoms with Crippen molar-refractivity contribution in [1.82, 2.24) is 10.6 Å². The minimum absolute atomic E-state index is 0.201. The van der Waals surface area contributed by atoms with Crippen LogP contribution in [0.25, 0.3) is 0 Å². The Morgan fingerprint density at radius 1 is 0.931 bits per heavy atom. The SMILES string of the molecule is COc1ccc(CNC(=O)COC(=O)CNC(=O)c2ccc(F)cc2)cc1OC. The Morgan fingerprint density at radius 3 is 2.28 bits per heavy atom. The number of halogens is 1. The van der Waals surface area contributed by atoms with E-state index in [1.165, 1.54) is 26.4 Å². The zero-order chi connectivity index (χ0) is 21.2. The molecule has 9 heteroatoms. The van der Waals surface area contributed by atoms with Crippen LogP contribution in [0.15, 0.2) is 42.5 Å². The van der Waals surface area contributed by atoms with Crippen LogP contribution in [-0.2, 0) is 20.9 Å². The lowest BCUT2D eigenvalue weighted by molar-refractivity contribution is -0.147. The van der Waals surface area contributed by atoms with Gasteiger partial charge in [0.2, 0.25) is 0 Å². The first-order valence-corrected chi connectivity index (χ1v) is 8.60. The predicted molar refractivity (Wildman–Crippen MR) is 101 cm³/mol. The van der Waals surface area contributed by atoms with E-state index in [1.807, 2.05) is 0 Å². The summed E-state index contributed by atoms with van der Waals surface area (Å²) >= 11 is 0. The van der Waals surface area contributed by atoms with Gasteiger partial charge < -0.3 is 24.8 Å². The minimum Gasteiger partial charge on any atom is -0.493 e. The van der Waals surface area contributed by atoms with Gasteiger partial charge in [0.15, 0.2) is 18.1 Å². The number of amides is 2. The van der Waals surface area contributed by atoms with Crippen LogP contribution in [0.4, 0.5) is 4.39 Å². The minimum atomic E-state index is -0.776. The van der Waals surface area contributed by atoms with E-state index >= 15 is 0 Å². The number of carbonyl (C=O) groups excluding carboxylic acids is 3. The first kappa shape index (κ1) is 21.7. The standard InChI is InChI=1S/C20H21FN2O6/c1-27-16-8-3-13(9-17(16)28-2)10-22-18(24)12-29-19(25)11-23-20(26)14-4-6-15(21)7-5-14/h3-9H,10-12H2,1-2H3,(H,22,24)(H,23,26). The summed E-state index contributed by atoms with van der Waals surface area (Å²) in [5.41, 5.74) is 0.973. The van der Waals surface area contributed by atoms with Crippen LogP contribution < -0.4 is 20.1 Å². The van der Waals surface area contributed by atoms with Crippen molar-refractivity contribution in [2.45, 2.75) is 6.54 Å². The van der Waals surface area contributed by atoms with Gasteiger partial charge in [-0.25, -0.2) is 4.39 Å². The summed E-state index contributed by atoms with van der Waals surface area (Å²) in [6.45, 7) is -0.699. The fourth-order valence-corrected chi connectivity index (χ4v) is 2.30. The number of hydrogen-bond acceptors (Lipinski definition) is 6. The largest absolute Gasteiger partial charge is 0.493 e. The number of carbonyl (C=O) groups is 3. The number of ether oxygens (including phenoxy) is 3. The van der Waals surface area contributed by atoms with E-state index < -0.39 is 36.8 Å². The lowest BCUT2D eigenvalue weighted by Gasteiger charge is -2.10. The van der Waals surface area contributed by atoms with Crippen molar-refractivity contribution < 1.29 is 33.0 Å². The van der Waals surface area contributed by atoms with Crippen molar-refractivity contribution in [3.8, 4) is 11.5 Å². The zero-order valence-electron chi connectivity index (χ0n) is 16.0. The van der Waals surface area contributed by atoms with Crippen LogP contribution in [0.5, 0.6) is 11.5 Å². The fraction of sp³-hybridized carbons (Fsp3) is 0.250. The molecular weight excluding hydrogens is 383 g/mol. The fourth-order valence-electron chi connectivity index (χ4n) is 2.30. The maximum atomic E-state index is 12.8. The molecule has 0 aliphatic heterocycles. The second-order valence-corrected chi connectivity index (χ2v) is 5.82. The van der Waals surface area contributed by atoms with Crippen molar-refractivity contribution in [3.05, 3.63) is 59.4 Å². The van der Waals surface area contributed by atoms with E-state index in [0.717, 1.165) is 17.7 Å². The van der Waals surface area contributed by atoms with Gasteiger partial charge in [0.1, 0.15) is 12.4 Å². The van der Waals surface area contributed by atoms with Crippen LogP contribution >= 0.6 is 0 Å². The van der Waals surface area contributed by atoms with Gasteiger partial charge in [0.05, 0.1) is 14.2 Å². The number of methoxy groups -OCH3 is 2. The zero-order valence-corrected chi connectivity index (χ0v) is 16.0. The Bertz CT molecular complexity index is 870. The summed E-state index contributed by atoms with van der Waals surface area (Å²) in [5, 5.41) is 4.93. The summed E-state index contributed by atoms with van der Waals surface area (Å²) in [4.78, 5) is 35.3. The summed E-state index contributed by atoms with van der Waals surface area (Å²) in [6, 6.07) is 10.0. The summed E-state index contributed by atoms with van der Waals surface area (Å²) in [5.74, 6) is -1.21. The molecule has 29 heavy (non-hydrogen) atoms. The van der Waals surface area contributed by atoms with E-state index in [2.05, 4.69) is 10.6 Å². The lowest BCUT2D eigenvalue weighted by Crippen LogP contribution is -2.33. The molecule has 0 fully saturated rings. The predicted octanol–water partition coefficient (Wildman–Crippen LogP) is 1.43. The van der Waals surface area contributed by atoms with Crippen molar-refractivity contribution in [1.29, 1.82) is 0 Å². The van der Waals surface area contributed by atoms with E-state index in [0.29, 0.717) is 11.5 Å². The maximum absolute atomic E-state index is 12.8. The summed E-state index contributed by atoms with van der Waals surface area (Å²) < 4.78 is 28.0. The molecule has 0 radical (unpaired) electrons. The molecule has 0 bridgehead atoms. The number of nitrogens with one attached hydrogen (secondary N) is 2. The Hall–Kier alpha value is -3.62. The van der Waals surface area contributed by atoms with Gasteiger partial charge in [0, 0.05) is 12.1 Å². The van der Waals surface area contributed by atoms with Crippen molar-refractivity contribution in [2.75, 3.05) is 27.4 Å². The summed E-state index contributed by atoms with van der Waals surface area (Å²) in [6.07, 6.45) is 0. The molecule has 0 aromatic heterocycles. The molecule has 8 nitrogen and oxygen atoms in total. The average Bonchev–Trinajstić information content (AvgIpc) is 2.74. The highest BCUT2D eigenvalue weighted by atomic mass is 19.1. The third-order valence-corrected chi connectivity index (χ3v) is 3.80. The van der Waals surface area contributed by atoms with E-state index in [4.69, 9.17) is 14.2 Å². The smallest absolute Gasteiger partial charge is 0.325 e. The van der Waals surface area contributed by atoms with Crippen LogP contribution in [-0.4, -0.2) is 45.2 Å². The average molecular weight is 404 g/mol. The Morgan fingerprint density at radius 2 is 1.62 bits per heavy atom. The Labute approximate surface area is 166 Å². The molecule has 154 valence electrons. The molecule has 2 aromatic carbocycles. The number of benzene rings is 2. The van der Waals surface area contributed by atoms with Crippen molar-refractivity contribution in [3.63, 3.8) is 0 Å². The lowest BCUT2D eigenvalue weighted by atomic mass is 10.2.